The van der Waals surface area contributed by atoms with Gasteiger partial charge in [-0.1, -0.05) is 0 Å². The first-order valence-corrected chi connectivity index (χ1v) is 6.13. The van der Waals surface area contributed by atoms with E-state index in [-0.39, 0.29) is 11.3 Å². The summed E-state index contributed by atoms with van der Waals surface area (Å²) in [5.74, 6) is 4.23. The lowest BCUT2D eigenvalue weighted by atomic mass is 10.1. The summed E-state index contributed by atoms with van der Waals surface area (Å²) in [6, 6.07) is 10.6. The first-order valence-electron chi connectivity index (χ1n) is 6.13. The number of halogens is 1. The van der Waals surface area contributed by atoms with Crippen LogP contribution in [0.15, 0.2) is 36.4 Å². The molecular weight excluding hydrogens is 271 g/mol. The summed E-state index contributed by atoms with van der Waals surface area (Å²) < 4.78 is 13.7. The Balaban J connectivity index is 2.22. The van der Waals surface area contributed by atoms with E-state index in [1.54, 1.807) is 25.1 Å². The average molecular weight is 284 g/mol. The molecule has 0 aromatic heterocycles. The normalized spacial score (nSPS) is 9.81. The van der Waals surface area contributed by atoms with Crippen LogP contribution in [0.1, 0.15) is 21.5 Å². The molecule has 0 saturated heterocycles. The number of nitrogens with zero attached hydrogens (tertiary/aromatic N) is 1. The van der Waals surface area contributed by atoms with E-state index in [2.05, 4.69) is 10.7 Å². The fraction of sp³-hybridized carbons (Fsp3) is 0.0667. The number of nitriles is 1. The summed E-state index contributed by atoms with van der Waals surface area (Å²) in [6.07, 6.45) is 0. The van der Waals surface area contributed by atoms with Crippen molar-refractivity contribution in [3.8, 4) is 6.07 Å². The number of nitrogens with two attached hydrogens (primary N) is 1. The van der Waals surface area contributed by atoms with Crippen LogP contribution in [0.3, 0.4) is 0 Å². The Morgan fingerprint density at radius 1 is 1.24 bits per heavy atom. The van der Waals surface area contributed by atoms with Crippen molar-refractivity contribution in [2.45, 2.75) is 6.92 Å². The number of hydrogen-bond acceptors (Lipinski definition) is 4. The molecule has 21 heavy (non-hydrogen) atoms. The number of anilines is 2. The van der Waals surface area contributed by atoms with Gasteiger partial charge in [0.1, 0.15) is 5.82 Å². The van der Waals surface area contributed by atoms with Crippen molar-refractivity contribution in [3.05, 3.63) is 58.9 Å². The summed E-state index contributed by atoms with van der Waals surface area (Å²) in [7, 11) is 0. The second-order valence-electron chi connectivity index (χ2n) is 4.43. The zero-order chi connectivity index (χ0) is 15.4. The molecule has 0 unspecified atom stereocenters. The zero-order valence-corrected chi connectivity index (χ0v) is 11.3. The Morgan fingerprint density at radius 2 is 1.95 bits per heavy atom. The lowest BCUT2D eigenvalue weighted by Gasteiger charge is -2.09. The summed E-state index contributed by atoms with van der Waals surface area (Å²) in [5.41, 5.74) is 4.62. The third-order valence-electron chi connectivity index (χ3n) is 2.99. The van der Waals surface area contributed by atoms with Crippen LogP contribution in [0.2, 0.25) is 0 Å². The number of hydrogen-bond donors (Lipinski definition) is 3. The summed E-state index contributed by atoms with van der Waals surface area (Å²) >= 11 is 0. The highest BCUT2D eigenvalue weighted by atomic mass is 19.1. The van der Waals surface area contributed by atoms with Gasteiger partial charge in [0, 0.05) is 5.56 Å². The predicted octanol–water partition coefficient (Wildman–Crippen LogP) is 2.54. The summed E-state index contributed by atoms with van der Waals surface area (Å²) in [4.78, 5) is 12.1. The molecule has 1 amide bonds. The van der Waals surface area contributed by atoms with Crippen molar-refractivity contribution in [2.75, 3.05) is 10.7 Å². The Bertz CT molecular complexity index is 737. The van der Waals surface area contributed by atoms with E-state index in [0.717, 1.165) is 11.6 Å². The number of rotatable bonds is 3. The molecule has 0 aliphatic heterocycles. The van der Waals surface area contributed by atoms with Gasteiger partial charge in [0.15, 0.2) is 0 Å². The van der Waals surface area contributed by atoms with Crippen molar-refractivity contribution in [3.63, 3.8) is 0 Å². The largest absolute Gasteiger partial charge is 0.324 e. The summed E-state index contributed by atoms with van der Waals surface area (Å²) in [6.45, 7) is 1.80. The van der Waals surface area contributed by atoms with Crippen LogP contribution in [0.25, 0.3) is 0 Å². The third kappa shape index (κ3) is 3.16. The maximum Gasteiger partial charge on any atom is 0.255 e. The minimum atomic E-state index is -0.653. The van der Waals surface area contributed by atoms with Gasteiger partial charge in [-0.15, -0.1) is 0 Å². The lowest BCUT2D eigenvalue weighted by Crippen LogP contribution is -2.14. The van der Waals surface area contributed by atoms with Gasteiger partial charge in [-0.3, -0.25) is 10.6 Å². The Morgan fingerprint density at radius 3 is 2.52 bits per heavy atom. The second kappa shape index (κ2) is 6.03. The van der Waals surface area contributed by atoms with E-state index in [0.29, 0.717) is 11.3 Å². The van der Waals surface area contributed by atoms with Gasteiger partial charge in [0.05, 0.1) is 23.0 Å². The average Bonchev–Trinajstić information content (AvgIpc) is 2.49. The first kappa shape index (κ1) is 14.5. The van der Waals surface area contributed by atoms with Crippen LogP contribution < -0.4 is 16.6 Å². The summed E-state index contributed by atoms with van der Waals surface area (Å²) in [5, 5.41) is 11.1. The van der Waals surface area contributed by atoms with Crippen molar-refractivity contribution >= 4 is 17.3 Å². The number of carbonyl (C=O) groups excluding carboxylic acids is 1. The van der Waals surface area contributed by atoms with Crippen molar-refractivity contribution in [2.24, 2.45) is 5.84 Å². The Labute approximate surface area is 121 Å². The predicted molar refractivity (Wildman–Crippen MR) is 78.1 cm³/mol. The van der Waals surface area contributed by atoms with E-state index in [1.807, 2.05) is 6.07 Å². The van der Waals surface area contributed by atoms with Crippen molar-refractivity contribution in [1.82, 2.24) is 0 Å². The number of aryl methyl sites for hydroxylation is 1. The molecular formula is C15H13FN4O. The molecule has 4 N–H and O–H groups in total. The van der Waals surface area contributed by atoms with Gasteiger partial charge < -0.3 is 10.7 Å². The van der Waals surface area contributed by atoms with Gasteiger partial charge in [-0.2, -0.15) is 5.26 Å². The maximum absolute atomic E-state index is 13.7. The third-order valence-corrected chi connectivity index (χ3v) is 2.99. The SMILES string of the molecule is Cc1cc(C(=O)Nc2ccc(C#N)cc2F)ccc1NN. The van der Waals surface area contributed by atoms with Gasteiger partial charge in [0.25, 0.3) is 5.91 Å². The number of hydrazine groups is 1. The molecule has 2 rings (SSSR count). The zero-order valence-electron chi connectivity index (χ0n) is 11.3. The second-order valence-corrected chi connectivity index (χ2v) is 4.43. The van der Waals surface area contributed by atoms with Crippen LogP contribution in [0.5, 0.6) is 0 Å². The number of nitrogens with one attached hydrogen (secondary N) is 2. The Kier molecular flexibility index (Phi) is 4.16. The molecule has 5 nitrogen and oxygen atoms in total. The van der Waals surface area contributed by atoms with Crippen LogP contribution in [0.4, 0.5) is 15.8 Å². The minimum absolute atomic E-state index is 0.0256. The van der Waals surface area contributed by atoms with Crippen molar-refractivity contribution < 1.29 is 9.18 Å². The highest BCUT2D eigenvalue weighted by Gasteiger charge is 2.11. The van der Waals surface area contributed by atoms with Crippen LogP contribution in [0, 0.1) is 24.1 Å². The molecule has 0 aliphatic carbocycles. The smallest absolute Gasteiger partial charge is 0.255 e. The number of amides is 1. The number of carbonyl (C=O) groups is 1. The van der Waals surface area contributed by atoms with Crippen LogP contribution in [-0.4, -0.2) is 5.91 Å². The Hall–Kier alpha value is -2.91. The first-order chi connectivity index (χ1) is 10.0. The number of nitrogen functional groups attached to an aromatic ring is 1. The fourth-order valence-electron chi connectivity index (χ4n) is 1.85. The van der Waals surface area contributed by atoms with E-state index < -0.39 is 11.7 Å². The molecule has 2 aromatic carbocycles. The van der Waals surface area contributed by atoms with Gasteiger partial charge in [-0.05, 0) is 48.9 Å². The molecule has 0 heterocycles. The quantitative estimate of drug-likeness (QED) is 0.596. The van der Waals surface area contributed by atoms with Gasteiger partial charge in [0.2, 0.25) is 0 Å². The molecule has 0 saturated carbocycles. The van der Waals surface area contributed by atoms with Gasteiger partial charge >= 0.3 is 0 Å². The van der Waals surface area contributed by atoms with Crippen LogP contribution in [-0.2, 0) is 0 Å². The number of benzene rings is 2. The standard InChI is InChI=1S/C15H13FN4O/c1-9-6-11(3-5-13(9)20-18)15(21)19-14-4-2-10(8-17)7-12(14)16/h2-7,20H,18H2,1H3,(H,19,21). The molecule has 6 heteroatoms. The highest BCUT2D eigenvalue weighted by Crippen LogP contribution is 2.19. The van der Waals surface area contributed by atoms with Crippen LogP contribution >= 0.6 is 0 Å². The molecule has 0 atom stereocenters. The molecule has 0 radical (unpaired) electrons. The fourth-order valence-corrected chi connectivity index (χ4v) is 1.85. The molecule has 0 bridgehead atoms. The van der Waals surface area contributed by atoms with E-state index in [1.165, 1.54) is 12.1 Å². The lowest BCUT2D eigenvalue weighted by molar-refractivity contribution is 0.102. The molecule has 106 valence electrons. The maximum atomic E-state index is 13.7. The van der Waals surface area contributed by atoms with E-state index >= 15 is 0 Å². The van der Waals surface area contributed by atoms with E-state index in [9.17, 15) is 9.18 Å². The molecule has 0 spiro atoms. The monoisotopic (exact) mass is 284 g/mol. The van der Waals surface area contributed by atoms with E-state index in [4.69, 9.17) is 11.1 Å². The molecule has 0 aliphatic rings. The molecule has 0 fully saturated rings. The van der Waals surface area contributed by atoms with Gasteiger partial charge in [-0.25, -0.2) is 4.39 Å². The molecule has 2 aromatic rings. The minimum Gasteiger partial charge on any atom is -0.324 e. The van der Waals surface area contributed by atoms with Crippen molar-refractivity contribution in [1.29, 1.82) is 5.26 Å². The topological polar surface area (TPSA) is 90.9 Å². The highest BCUT2D eigenvalue weighted by molar-refractivity contribution is 6.04.